The van der Waals surface area contributed by atoms with Gasteiger partial charge in [0.05, 0.1) is 16.5 Å². The molecule has 3 N–H and O–H groups in total. The Morgan fingerprint density at radius 1 is 1.41 bits per heavy atom. The van der Waals surface area contributed by atoms with Crippen LogP contribution < -0.4 is 11.1 Å². The topological polar surface area (TPSA) is 98.3 Å². The van der Waals surface area contributed by atoms with Crippen molar-refractivity contribution in [2.45, 2.75) is 51.1 Å². The molecule has 122 valence electrons. The fourth-order valence-electron chi connectivity index (χ4n) is 2.75. The van der Waals surface area contributed by atoms with Crippen LogP contribution in [0, 0.1) is 17.0 Å². The summed E-state index contributed by atoms with van der Waals surface area (Å²) >= 11 is 0. The zero-order valence-electron chi connectivity index (χ0n) is 12.8. The molecule has 0 bridgehead atoms. The van der Waals surface area contributed by atoms with Gasteiger partial charge in [-0.05, 0) is 32.3 Å². The van der Waals surface area contributed by atoms with Crippen molar-refractivity contribution in [3.63, 3.8) is 0 Å². The third-order valence-electron chi connectivity index (χ3n) is 4.23. The minimum atomic E-state index is -0.787. The second kappa shape index (κ2) is 7.07. The third kappa shape index (κ3) is 3.75. The van der Waals surface area contributed by atoms with Gasteiger partial charge in [0.15, 0.2) is 0 Å². The van der Waals surface area contributed by atoms with Gasteiger partial charge in [-0.15, -0.1) is 12.4 Å². The highest BCUT2D eigenvalue weighted by atomic mass is 35.5. The molecule has 1 aliphatic carbocycles. The lowest BCUT2D eigenvalue weighted by Gasteiger charge is -2.25. The molecule has 1 aromatic rings. The monoisotopic (exact) mass is 327 g/mol. The van der Waals surface area contributed by atoms with Crippen molar-refractivity contribution >= 4 is 24.0 Å². The minimum absolute atomic E-state index is 0. The number of rotatable bonds is 4. The van der Waals surface area contributed by atoms with Crippen LogP contribution in [0.4, 0.5) is 5.69 Å². The van der Waals surface area contributed by atoms with Crippen LogP contribution in [0.2, 0.25) is 0 Å². The third-order valence-corrected chi connectivity index (χ3v) is 4.23. The number of nitrogens with one attached hydrogen (secondary N) is 1. The number of hydrogen-bond donors (Lipinski definition) is 2. The maximum Gasteiger partial charge on any atom is 0.272 e. The molecule has 1 saturated carbocycles. The minimum Gasteiger partial charge on any atom is -0.348 e. The number of carbonyl (C=O) groups excluding carboxylic acids is 1. The highest BCUT2D eigenvalue weighted by Crippen LogP contribution is 2.29. The first-order valence-electron chi connectivity index (χ1n) is 7.18. The molecule has 6 nitrogen and oxygen atoms in total. The van der Waals surface area contributed by atoms with Crippen molar-refractivity contribution in [3.05, 3.63) is 39.4 Å². The van der Waals surface area contributed by atoms with Crippen LogP contribution in [0.25, 0.3) is 0 Å². The summed E-state index contributed by atoms with van der Waals surface area (Å²) in [4.78, 5) is 22.8. The van der Waals surface area contributed by atoms with Gasteiger partial charge in [0.1, 0.15) is 0 Å². The number of carbonyl (C=O) groups is 1. The maximum absolute atomic E-state index is 12.3. The zero-order chi connectivity index (χ0) is 15.6. The van der Waals surface area contributed by atoms with E-state index in [1.807, 2.05) is 6.92 Å². The van der Waals surface area contributed by atoms with E-state index >= 15 is 0 Å². The number of nitro benzene ring substituents is 1. The molecule has 0 radical (unpaired) electrons. The molecule has 0 saturated heterocycles. The largest absolute Gasteiger partial charge is 0.348 e. The Balaban J connectivity index is 0.00000242. The Kier molecular flexibility index (Phi) is 5.91. The summed E-state index contributed by atoms with van der Waals surface area (Å²) in [5, 5.41) is 13.9. The number of nitrogens with two attached hydrogens (primary N) is 1. The fourth-order valence-corrected chi connectivity index (χ4v) is 2.75. The summed E-state index contributed by atoms with van der Waals surface area (Å²) in [6.07, 6.45) is 3.32. The highest BCUT2D eigenvalue weighted by Gasteiger charge is 2.37. The van der Waals surface area contributed by atoms with Crippen LogP contribution in [0.1, 0.15) is 49.8 Å². The van der Waals surface area contributed by atoms with Crippen molar-refractivity contribution in [2.75, 3.05) is 0 Å². The molecular formula is C15H22ClN3O3. The molecule has 0 heterocycles. The van der Waals surface area contributed by atoms with Gasteiger partial charge in [-0.25, -0.2) is 0 Å². The van der Waals surface area contributed by atoms with Crippen LogP contribution >= 0.6 is 12.4 Å². The Labute approximate surface area is 136 Å². The number of nitro groups is 1. The molecule has 1 fully saturated rings. The maximum atomic E-state index is 12.3. The Bertz CT molecular complexity index is 571. The van der Waals surface area contributed by atoms with Crippen LogP contribution in [0.5, 0.6) is 0 Å². The smallest absolute Gasteiger partial charge is 0.272 e. The van der Waals surface area contributed by atoms with Crippen molar-refractivity contribution < 1.29 is 9.72 Å². The first kappa shape index (κ1) is 18.4. The predicted octanol–water partition coefficient (Wildman–Crippen LogP) is 2.77. The molecule has 0 aromatic heterocycles. The van der Waals surface area contributed by atoms with Crippen LogP contribution in [0.15, 0.2) is 18.2 Å². The number of halogens is 1. The Morgan fingerprint density at radius 3 is 2.55 bits per heavy atom. The summed E-state index contributed by atoms with van der Waals surface area (Å²) in [5.74, 6) is -0.171. The van der Waals surface area contributed by atoms with Crippen LogP contribution in [-0.4, -0.2) is 16.4 Å². The quantitative estimate of drug-likeness (QED) is 0.656. The molecule has 1 aromatic carbocycles. The number of amides is 1. The summed E-state index contributed by atoms with van der Waals surface area (Å²) in [7, 11) is 0. The second-order valence-electron chi connectivity index (χ2n) is 5.86. The molecule has 2 rings (SSSR count). The fraction of sp³-hybridized carbons (Fsp3) is 0.533. The standard InChI is InChI=1S/C15H21N3O3.ClH/c1-10-5-6-12(9-13(10)18(20)21)11(2)17-14(19)15(16)7-3-4-8-15;/h5-6,9,11H,3-4,7-8,16H2,1-2H3,(H,17,19);1H. The molecule has 1 atom stereocenters. The van der Waals surface area contributed by atoms with Crippen molar-refractivity contribution in [2.24, 2.45) is 5.73 Å². The van der Waals surface area contributed by atoms with Gasteiger partial charge < -0.3 is 11.1 Å². The average molecular weight is 328 g/mol. The summed E-state index contributed by atoms with van der Waals surface area (Å²) in [6, 6.07) is 4.70. The van der Waals surface area contributed by atoms with Crippen molar-refractivity contribution in [1.29, 1.82) is 0 Å². The van der Waals surface area contributed by atoms with E-state index in [2.05, 4.69) is 5.32 Å². The molecule has 7 heteroatoms. The van der Waals surface area contributed by atoms with Gasteiger partial charge in [0, 0.05) is 11.6 Å². The molecule has 1 unspecified atom stereocenters. The van der Waals surface area contributed by atoms with E-state index in [-0.39, 0.29) is 30.0 Å². The number of nitrogens with zero attached hydrogens (tertiary/aromatic N) is 1. The van der Waals surface area contributed by atoms with Gasteiger partial charge in [-0.1, -0.05) is 25.0 Å². The first-order valence-corrected chi connectivity index (χ1v) is 7.18. The molecular weight excluding hydrogens is 306 g/mol. The average Bonchev–Trinajstić information content (AvgIpc) is 2.87. The number of benzene rings is 1. The highest BCUT2D eigenvalue weighted by molar-refractivity contribution is 5.86. The number of aryl methyl sites for hydroxylation is 1. The van der Waals surface area contributed by atoms with Gasteiger partial charge >= 0.3 is 0 Å². The van der Waals surface area contributed by atoms with Gasteiger partial charge in [0.2, 0.25) is 5.91 Å². The van der Waals surface area contributed by atoms with E-state index in [4.69, 9.17) is 5.73 Å². The van der Waals surface area contributed by atoms with E-state index in [9.17, 15) is 14.9 Å². The zero-order valence-corrected chi connectivity index (χ0v) is 13.6. The van der Waals surface area contributed by atoms with Gasteiger partial charge in [-0.3, -0.25) is 14.9 Å². The van der Waals surface area contributed by atoms with E-state index in [0.29, 0.717) is 24.0 Å². The van der Waals surface area contributed by atoms with E-state index in [1.54, 1.807) is 19.1 Å². The van der Waals surface area contributed by atoms with E-state index in [0.717, 1.165) is 12.8 Å². The molecule has 22 heavy (non-hydrogen) atoms. The van der Waals surface area contributed by atoms with Crippen molar-refractivity contribution in [3.8, 4) is 0 Å². The predicted molar refractivity (Wildman–Crippen MR) is 87.0 cm³/mol. The number of hydrogen-bond acceptors (Lipinski definition) is 4. The van der Waals surface area contributed by atoms with Gasteiger partial charge in [0.25, 0.3) is 5.69 Å². The van der Waals surface area contributed by atoms with Crippen LogP contribution in [0.3, 0.4) is 0 Å². The van der Waals surface area contributed by atoms with E-state index < -0.39 is 10.5 Å². The lowest BCUT2D eigenvalue weighted by molar-refractivity contribution is -0.385. The van der Waals surface area contributed by atoms with Gasteiger partial charge in [-0.2, -0.15) is 0 Å². The Hall–Kier alpha value is -1.66. The summed E-state index contributed by atoms with van der Waals surface area (Å²) in [5.41, 5.74) is 6.71. The second-order valence-corrected chi connectivity index (χ2v) is 5.86. The summed E-state index contributed by atoms with van der Waals surface area (Å²) in [6.45, 7) is 3.50. The SMILES string of the molecule is Cc1ccc(C(C)NC(=O)C2(N)CCCC2)cc1[N+](=O)[O-].Cl. The molecule has 0 spiro atoms. The van der Waals surface area contributed by atoms with E-state index in [1.165, 1.54) is 6.07 Å². The molecule has 1 aliphatic rings. The molecule has 1 amide bonds. The normalized spacial score (nSPS) is 17.4. The summed E-state index contributed by atoms with van der Waals surface area (Å²) < 4.78 is 0. The Morgan fingerprint density at radius 2 is 2.00 bits per heavy atom. The lowest BCUT2D eigenvalue weighted by Crippen LogP contribution is -2.52. The molecule has 0 aliphatic heterocycles. The lowest BCUT2D eigenvalue weighted by atomic mass is 9.96. The van der Waals surface area contributed by atoms with Crippen molar-refractivity contribution in [1.82, 2.24) is 5.32 Å². The first-order chi connectivity index (χ1) is 9.83. The van der Waals surface area contributed by atoms with Crippen LogP contribution in [-0.2, 0) is 4.79 Å².